The summed E-state index contributed by atoms with van der Waals surface area (Å²) in [6.07, 6.45) is -12.2. The van der Waals surface area contributed by atoms with Crippen molar-refractivity contribution < 1.29 is 49.6 Å². The molecule has 2 aliphatic heterocycles. The van der Waals surface area contributed by atoms with Crippen molar-refractivity contribution in [2.45, 2.75) is 75.2 Å². The molecule has 2 saturated heterocycles. The first-order chi connectivity index (χ1) is 11.6. The Morgan fingerprint density at radius 2 is 1.60 bits per heavy atom. The van der Waals surface area contributed by atoms with Gasteiger partial charge in [-0.05, 0) is 6.92 Å². The van der Waals surface area contributed by atoms with Crippen molar-refractivity contribution in [3.8, 4) is 0 Å². The summed E-state index contributed by atoms with van der Waals surface area (Å²) in [5, 5.41) is 61.4. The van der Waals surface area contributed by atoms with Crippen molar-refractivity contribution in [3.05, 3.63) is 0 Å². The number of amides is 1. The summed E-state index contributed by atoms with van der Waals surface area (Å²) in [5.41, 5.74) is 0. The minimum atomic E-state index is -1.58. The van der Waals surface area contributed by atoms with Crippen LogP contribution < -0.4 is 5.32 Å². The first kappa shape index (κ1) is 20.4. The summed E-state index contributed by atoms with van der Waals surface area (Å²) in [6.45, 7) is 2.27. The first-order valence-electron chi connectivity index (χ1n) is 7.91. The van der Waals surface area contributed by atoms with Crippen LogP contribution in [0.1, 0.15) is 13.8 Å². The molecule has 146 valence electrons. The van der Waals surface area contributed by atoms with Gasteiger partial charge >= 0.3 is 0 Å². The van der Waals surface area contributed by atoms with E-state index in [9.17, 15) is 35.4 Å². The molecule has 0 saturated carbocycles. The van der Waals surface area contributed by atoms with Crippen molar-refractivity contribution in [3.63, 3.8) is 0 Å². The predicted molar refractivity (Wildman–Crippen MR) is 78.8 cm³/mol. The lowest BCUT2D eigenvalue weighted by molar-refractivity contribution is -0.313. The van der Waals surface area contributed by atoms with Gasteiger partial charge in [-0.1, -0.05) is 0 Å². The van der Waals surface area contributed by atoms with Crippen molar-refractivity contribution in [1.29, 1.82) is 0 Å². The van der Waals surface area contributed by atoms with Gasteiger partial charge in [0.15, 0.2) is 12.6 Å². The third kappa shape index (κ3) is 4.45. The topological polar surface area (TPSA) is 178 Å². The molecule has 11 heteroatoms. The molecule has 2 aliphatic rings. The van der Waals surface area contributed by atoms with Gasteiger partial charge in [0.2, 0.25) is 5.91 Å². The third-order valence-electron chi connectivity index (χ3n) is 4.32. The predicted octanol–water partition coefficient (Wildman–Crippen LogP) is -4.23. The van der Waals surface area contributed by atoms with Crippen molar-refractivity contribution in [2.24, 2.45) is 0 Å². The average Bonchev–Trinajstić information content (AvgIpc) is 2.55. The maximum absolute atomic E-state index is 11.1. The van der Waals surface area contributed by atoms with Crippen LogP contribution in [-0.2, 0) is 19.0 Å². The molecule has 7 N–H and O–H groups in total. The van der Waals surface area contributed by atoms with Crippen LogP contribution in [0, 0.1) is 0 Å². The Bertz CT molecular complexity index is 465. The summed E-state index contributed by atoms with van der Waals surface area (Å²) in [5.74, 6) is -0.520. The molecule has 2 heterocycles. The van der Waals surface area contributed by atoms with Crippen molar-refractivity contribution in [1.82, 2.24) is 5.32 Å². The number of aliphatic hydroxyl groups excluding tert-OH is 6. The highest BCUT2D eigenvalue weighted by molar-refractivity contribution is 5.73. The molecule has 2 fully saturated rings. The standard InChI is InChI=1S/C14H25NO10/c1-4-8(17)11(20)12(21)14(24-4)23-3-6-9(18)10(19)7(13(22)25-6)15-5(2)16/h4,6-14,17-22H,3H2,1-2H3,(H,15,16)/t4-,6-,7-,8-,9-,10-,11-,12+,13+,14+/m1/s1. The van der Waals surface area contributed by atoms with E-state index >= 15 is 0 Å². The van der Waals surface area contributed by atoms with Crippen LogP contribution in [-0.4, -0.2) is 105 Å². The SMILES string of the molecule is CC(=O)N[C@@H]1[C@@H](O)[C@H](O)[C@@H](CO[C@H]2O[C@H](C)[C@@H](O)[C@@H](O)[C@@H]2O)O[C@@H]1O. The van der Waals surface area contributed by atoms with Crippen LogP contribution in [0.25, 0.3) is 0 Å². The molecule has 0 spiro atoms. The average molecular weight is 367 g/mol. The molecule has 0 aromatic heterocycles. The van der Waals surface area contributed by atoms with Crippen molar-refractivity contribution >= 4 is 5.91 Å². The van der Waals surface area contributed by atoms with E-state index in [1.807, 2.05) is 0 Å². The highest BCUT2D eigenvalue weighted by Gasteiger charge is 2.46. The first-order valence-corrected chi connectivity index (χ1v) is 7.91. The molecular formula is C14H25NO10. The molecule has 0 aromatic rings. The molecule has 25 heavy (non-hydrogen) atoms. The molecule has 0 aliphatic carbocycles. The molecule has 0 aromatic carbocycles. The second-order valence-electron chi connectivity index (χ2n) is 6.29. The largest absolute Gasteiger partial charge is 0.388 e. The Morgan fingerprint density at radius 3 is 2.20 bits per heavy atom. The Morgan fingerprint density at radius 1 is 0.960 bits per heavy atom. The zero-order valence-electron chi connectivity index (χ0n) is 13.8. The number of hydrogen-bond donors (Lipinski definition) is 7. The minimum Gasteiger partial charge on any atom is -0.388 e. The van der Waals surface area contributed by atoms with Crippen LogP contribution in [0.5, 0.6) is 0 Å². The molecule has 0 bridgehead atoms. The second-order valence-corrected chi connectivity index (χ2v) is 6.29. The van der Waals surface area contributed by atoms with Crippen LogP contribution in [0.3, 0.4) is 0 Å². The van der Waals surface area contributed by atoms with E-state index in [2.05, 4.69) is 5.32 Å². The molecule has 0 radical (unpaired) electrons. The Hall–Kier alpha value is -0.890. The Balaban J connectivity index is 1.94. The normalized spacial score (nSPS) is 48.2. The number of carbonyl (C=O) groups excluding carboxylic acids is 1. The molecule has 1 amide bonds. The number of hydrogen-bond acceptors (Lipinski definition) is 10. The molecule has 0 unspecified atom stereocenters. The van der Waals surface area contributed by atoms with Gasteiger partial charge in [0.1, 0.15) is 42.7 Å². The fourth-order valence-electron chi connectivity index (χ4n) is 2.82. The zero-order chi connectivity index (χ0) is 18.9. The number of carbonyl (C=O) groups is 1. The monoisotopic (exact) mass is 367 g/mol. The van der Waals surface area contributed by atoms with Crippen LogP contribution in [0.2, 0.25) is 0 Å². The van der Waals surface area contributed by atoms with Gasteiger partial charge in [0, 0.05) is 6.92 Å². The van der Waals surface area contributed by atoms with E-state index in [0.29, 0.717) is 0 Å². The van der Waals surface area contributed by atoms with Crippen LogP contribution in [0.15, 0.2) is 0 Å². The van der Waals surface area contributed by atoms with Gasteiger partial charge in [-0.3, -0.25) is 4.79 Å². The highest BCUT2D eigenvalue weighted by Crippen LogP contribution is 2.24. The van der Waals surface area contributed by atoms with E-state index in [0.717, 1.165) is 0 Å². The van der Waals surface area contributed by atoms with Gasteiger partial charge in [-0.25, -0.2) is 0 Å². The summed E-state index contributed by atoms with van der Waals surface area (Å²) in [7, 11) is 0. The molecule has 2 rings (SSSR count). The summed E-state index contributed by atoms with van der Waals surface area (Å²) in [6, 6.07) is -1.21. The number of aliphatic hydroxyl groups is 6. The Kier molecular flexibility index (Phi) is 6.70. The number of rotatable bonds is 4. The fraction of sp³-hybridized carbons (Fsp3) is 0.929. The second kappa shape index (κ2) is 8.20. The summed E-state index contributed by atoms with van der Waals surface area (Å²) < 4.78 is 15.6. The van der Waals surface area contributed by atoms with E-state index in [-0.39, 0.29) is 6.61 Å². The van der Waals surface area contributed by atoms with E-state index < -0.39 is 67.3 Å². The lowest BCUT2D eigenvalue weighted by Crippen LogP contribution is -2.64. The molecule has 10 atom stereocenters. The van der Waals surface area contributed by atoms with Crippen LogP contribution in [0.4, 0.5) is 0 Å². The third-order valence-corrected chi connectivity index (χ3v) is 4.32. The van der Waals surface area contributed by atoms with E-state index in [4.69, 9.17) is 14.2 Å². The smallest absolute Gasteiger partial charge is 0.217 e. The van der Waals surface area contributed by atoms with Gasteiger partial charge in [0.05, 0.1) is 12.7 Å². The lowest BCUT2D eigenvalue weighted by atomic mass is 9.97. The summed E-state index contributed by atoms with van der Waals surface area (Å²) in [4.78, 5) is 11.1. The lowest BCUT2D eigenvalue weighted by Gasteiger charge is -2.42. The number of ether oxygens (including phenoxy) is 3. The minimum absolute atomic E-state index is 0.390. The maximum Gasteiger partial charge on any atom is 0.217 e. The van der Waals surface area contributed by atoms with E-state index in [1.54, 1.807) is 0 Å². The van der Waals surface area contributed by atoms with E-state index in [1.165, 1.54) is 13.8 Å². The van der Waals surface area contributed by atoms with Gasteiger partial charge in [0.25, 0.3) is 0 Å². The quantitative estimate of drug-likeness (QED) is 0.257. The maximum atomic E-state index is 11.1. The molecule has 11 nitrogen and oxygen atoms in total. The van der Waals surface area contributed by atoms with Crippen LogP contribution >= 0.6 is 0 Å². The highest BCUT2D eigenvalue weighted by atomic mass is 16.7. The Labute approximate surface area is 143 Å². The summed E-state index contributed by atoms with van der Waals surface area (Å²) >= 11 is 0. The van der Waals surface area contributed by atoms with Gasteiger partial charge < -0.3 is 50.2 Å². The van der Waals surface area contributed by atoms with Gasteiger partial charge in [-0.15, -0.1) is 0 Å². The molecular weight excluding hydrogens is 342 g/mol. The van der Waals surface area contributed by atoms with Crippen molar-refractivity contribution in [2.75, 3.05) is 6.61 Å². The fourth-order valence-corrected chi connectivity index (χ4v) is 2.82. The number of nitrogens with one attached hydrogen (secondary N) is 1. The zero-order valence-corrected chi connectivity index (χ0v) is 13.8. The van der Waals surface area contributed by atoms with Gasteiger partial charge in [-0.2, -0.15) is 0 Å².